The smallest absolute Gasteiger partial charge is 0.340 e. The molecule has 0 amide bonds. The lowest BCUT2D eigenvalue weighted by atomic mass is 9.85. The Morgan fingerprint density at radius 3 is 1.83 bits per heavy atom. The molecule has 2 atom stereocenters. The highest BCUT2D eigenvalue weighted by Crippen LogP contribution is 2.26. The van der Waals surface area contributed by atoms with Gasteiger partial charge in [-0.2, -0.15) is 0 Å². The largest absolute Gasteiger partial charge is 0.456 e. The molecular weight excluding hydrogens is 384 g/mol. The number of benzene rings is 1. The summed E-state index contributed by atoms with van der Waals surface area (Å²) >= 11 is 0. The number of hydrogen-bond acceptors (Lipinski definition) is 6. The van der Waals surface area contributed by atoms with E-state index in [1.807, 2.05) is 20.8 Å². The maximum Gasteiger partial charge on any atom is 0.340 e. The van der Waals surface area contributed by atoms with Crippen LogP contribution in [0.2, 0.25) is 0 Å². The molecule has 170 valence electrons. The lowest BCUT2D eigenvalue weighted by molar-refractivity contribution is -0.120. The molecule has 0 N–H and O–H groups in total. The monoisotopic (exact) mass is 422 g/mol. The highest BCUT2D eigenvalue weighted by molar-refractivity contribution is 5.93. The minimum Gasteiger partial charge on any atom is -0.456 e. The Labute approximate surface area is 181 Å². The van der Waals surface area contributed by atoms with Crippen LogP contribution in [0, 0.1) is 5.41 Å². The first-order valence-electron chi connectivity index (χ1n) is 10.7. The summed E-state index contributed by atoms with van der Waals surface area (Å²) in [6.45, 7) is 16.6. The second kappa shape index (κ2) is 11.5. The second-order valence-electron chi connectivity index (χ2n) is 8.78. The summed E-state index contributed by atoms with van der Waals surface area (Å²) in [5.41, 5.74) is 0.294. The summed E-state index contributed by atoms with van der Waals surface area (Å²) in [4.78, 5) is 24.5. The molecule has 0 spiro atoms. The Kier molecular flexibility index (Phi) is 9.98. The predicted octanol–water partition coefficient (Wildman–Crippen LogP) is 5.39. The lowest BCUT2D eigenvalue weighted by Crippen LogP contribution is -2.30. The van der Waals surface area contributed by atoms with Gasteiger partial charge >= 0.3 is 11.9 Å². The van der Waals surface area contributed by atoms with Gasteiger partial charge in [-0.3, -0.25) is 0 Å². The van der Waals surface area contributed by atoms with E-state index in [-0.39, 0.29) is 11.5 Å². The first-order valence-corrected chi connectivity index (χ1v) is 10.7. The molecule has 0 radical (unpaired) electrons. The van der Waals surface area contributed by atoms with Crippen molar-refractivity contribution in [3.05, 3.63) is 35.4 Å². The van der Waals surface area contributed by atoms with E-state index in [0.29, 0.717) is 30.8 Å². The Morgan fingerprint density at radius 1 is 0.833 bits per heavy atom. The van der Waals surface area contributed by atoms with Crippen LogP contribution in [0.5, 0.6) is 0 Å². The van der Waals surface area contributed by atoms with Gasteiger partial charge in [0.25, 0.3) is 0 Å². The standard InChI is InChI=1S/C24H38O6/c1-9-23(5,6)17(3)27-15-16-28-18(4)29-21(25)19-11-13-20(14-12-19)22(26)30-24(7,8)10-2/h11-14,17-18H,9-10,15-16H2,1-8H3. The van der Waals surface area contributed by atoms with Crippen LogP contribution in [-0.2, 0) is 18.9 Å². The van der Waals surface area contributed by atoms with Crippen molar-refractivity contribution in [2.24, 2.45) is 5.41 Å². The minimum atomic E-state index is -0.703. The van der Waals surface area contributed by atoms with E-state index in [1.54, 1.807) is 31.2 Å². The molecule has 30 heavy (non-hydrogen) atoms. The third-order valence-corrected chi connectivity index (χ3v) is 5.67. The van der Waals surface area contributed by atoms with Crippen LogP contribution in [0.4, 0.5) is 0 Å². The lowest BCUT2D eigenvalue weighted by Gasteiger charge is -2.30. The second-order valence-corrected chi connectivity index (χ2v) is 8.78. The molecule has 1 aromatic carbocycles. The van der Waals surface area contributed by atoms with Gasteiger partial charge in [-0.25, -0.2) is 9.59 Å². The molecule has 6 heteroatoms. The van der Waals surface area contributed by atoms with Crippen molar-refractivity contribution in [1.29, 1.82) is 0 Å². The molecule has 1 aromatic rings. The van der Waals surface area contributed by atoms with Crippen molar-refractivity contribution >= 4 is 11.9 Å². The van der Waals surface area contributed by atoms with Gasteiger partial charge in [0.05, 0.1) is 30.4 Å². The molecular formula is C24H38O6. The number of ether oxygens (including phenoxy) is 4. The zero-order chi connectivity index (χ0) is 22.9. The van der Waals surface area contributed by atoms with Crippen LogP contribution in [0.15, 0.2) is 24.3 Å². The maximum absolute atomic E-state index is 12.3. The number of rotatable bonds is 12. The molecule has 0 saturated carbocycles. The first kappa shape index (κ1) is 26.1. The van der Waals surface area contributed by atoms with Crippen molar-refractivity contribution in [3.63, 3.8) is 0 Å². The van der Waals surface area contributed by atoms with Gasteiger partial charge in [0.15, 0.2) is 0 Å². The zero-order valence-corrected chi connectivity index (χ0v) is 19.7. The fourth-order valence-corrected chi connectivity index (χ4v) is 2.33. The molecule has 0 aliphatic carbocycles. The van der Waals surface area contributed by atoms with Crippen LogP contribution < -0.4 is 0 Å². The highest BCUT2D eigenvalue weighted by atomic mass is 16.7. The predicted molar refractivity (Wildman–Crippen MR) is 117 cm³/mol. The molecule has 6 nitrogen and oxygen atoms in total. The highest BCUT2D eigenvalue weighted by Gasteiger charge is 2.24. The van der Waals surface area contributed by atoms with Crippen LogP contribution in [0.25, 0.3) is 0 Å². The Balaban J connectivity index is 2.46. The van der Waals surface area contributed by atoms with Crippen molar-refractivity contribution < 1.29 is 28.5 Å². The van der Waals surface area contributed by atoms with Gasteiger partial charge in [-0.15, -0.1) is 0 Å². The zero-order valence-electron chi connectivity index (χ0n) is 19.7. The molecule has 0 saturated heterocycles. The van der Waals surface area contributed by atoms with Gasteiger partial charge in [0.1, 0.15) is 5.60 Å². The van der Waals surface area contributed by atoms with Crippen molar-refractivity contribution in [2.75, 3.05) is 13.2 Å². The molecule has 0 fully saturated rings. The van der Waals surface area contributed by atoms with Gasteiger partial charge in [0.2, 0.25) is 6.29 Å². The molecule has 0 bridgehead atoms. The number of esters is 2. The third kappa shape index (κ3) is 8.44. The van der Waals surface area contributed by atoms with Crippen LogP contribution in [0.3, 0.4) is 0 Å². The summed E-state index contributed by atoms with van der Waals surface area (Å²) in [6.07, 6.45) is 1.14. The number of carbonyl (C=O) groups excluding carboxylic acids is 2. The quantitative estimate of drug-likeness (QED) is 0.255. The fraction of sp³-hybridized carbons (Fsp3) is 0.667. The summed E-state index contributed by atoms with van der Waals surface area (Å²) in [5, 5.41) is 0. The summed E-state index contributed by atoms with van der Waals surface area (Å²) in [5.74, 6) is -0.934. The van der Waals surface area contributed by atoms with Crippen LogP contribution >= 0.6 is 0 Å². The van der Waals surface area contributed by atoms with Gasteiger partial charge in [-0.05, 0) is 70.2 Å². The number of hydrogen-bond donors (Lipinski definition) is 0. The van der Waals surface area contributed by atoms with E-state index in [0.717, 1.165) is 6.42 Å². The van der Waals surface area contributed by atoms with E-state index >= 15 is 0 Å². The van der Waals surface area contributed by atoms with Gasteiger partial charge in [0, 0.05) is 0 Å². The van der Waals surface area contributed by atoms with Crippen LogP contribution in [-0.4, -0.2) is 43.1 Å². The average molecular weight is 423 g/mol. The van der Waals surface area contributed by atoms with Crippen LogP contribution in [0.1, 0.15) is 88.9 Å². The third-order valence-electron chi connectivity index (χ3n) is 5.67. The number of carbonyl (C=O) groups is 2. The van der Waals surface area contributed by atoms with E-state index in [2.05, 4.69) is 27.7 Å². The van der Waals surface area contributed by atoms with Gasteiger partial charge in [-0.1, -0.05) is 27.7 Å². The van der Waals surface area contributed by atoms with Crippen molar-refractivity contribution in [3.8, 4) is 0 Å². The average Bonchev–Trinajstić information content (AvgIpc) is 2.70. The Hall–Kier alpha value is -1.92. The molecule has 0 heterocycles. The maximum atomic E-state index is 12.3. The summed E-state index contributed by atoms with van der Waals surface area (Å²) in [6, 6.07) is 6.20. The molecule has 0 aromatic heterocycles. The van der Waals surface area contributed by atoms with Crippen molar-refractivity contribution in [2.45, 2.75) is 86.2 Å². The summed E-state index contributed by atoms with van der Waals surface area (Å²) < 4.78 is 22.1. The minimum absolute atomic E-state index is 0.100. The van der Waals surface area contributed by atoms with E-state index in [9.17, 15) is 9.59 Å². The van der Waals surface area contributed by atoms with E-state index in [4.69, 9.17) is 18.9 Å². The Morgan fingerprint density at radius 2 is 1.33 bits per heavy atom. The van der Waals surface area contributed by atoms with E-state index < -0.39 is 23.8 Å². The fourth-order valence-electron chi connectivity index (χ4n) is 2.33. The molecule has 2 unspecified atom stereocenters. The van der Waals surface area contributed by atoms with Crippen molar-refractivity contribution in [1.82, 2.24) is 0 Å². The topological polar surface area (TPSA) is 71.1 Å². The molecule has 1 rings (SSSR count). The summed E-state index contributed by atoms with van der Waals surface area (Å²) in [7, 11) is 0. The normalized spacial score (nSPS) is 14.1. The van der Waals surface area contributed by atoms with E-state index in [1.165, 1.54) is 0 Å². The first-order chi connectivity index (χ1) is 13.9. The SMILES string of the molecule is CCC(C)(C)OC(=O)c1ccc(C(=O)OC(C)OCCOC(C)C(C)(C)CC)cc1. The van der Waals surface area contributed by atoms with Gasteiger partial charge < -0.3 is 18.9 Å². The molecule has 0 aliphatic heterocycles. The Bertz CT molecular complexity index is 677. The molecule has 0 aliphatic rings.